The lowest BCUT2D eigenvalue weighted by molar-refractivity contribution is -0.130. The highest BCUT2D eigenvalue weighted by Crippen LogP contribution is 2.02. The molecule has 1 aliphatic heterocycles. The van der Waals surface area contributed by atoms with E-state index in [2.05, 4.69) is 16.0 Å². The van der Waals surface area contributed by atoms with E-state index in [4.69, 9.17) is 10.8 Å². The summed E-state index contributed by atoms with van der Waals surface area (Å²) in [4.78, 5) is 46.2. The summed E-state index contributed by atoms with van der Waals surface area (Å²) in [6.45, 7) is 0.851. The maximum Gasteiger partial charge on any atom is 0.245 e. The molecule has 0 aliphatic carbocycles. The van der Waals surface area contributed by atoms with Crippen molar-refractivity contribution in [3.63, 3.8) is 0 Å². The number of primary amides is 1. The summed E-state index contributed by atoms with van der Waals surface area (Å²) in [6, 6.07) is -2.99. The van der Waals surface area contributed by atoms with Crippen LogP contribution in [0.4, 0.5) is 0 Å². The van der Waals surface area contributed by atoms with E-state index < -0.39 is 48.4 Å². The SMILES string of the molecule is C[C@@H]1NC(=O)[C@H](CO)NC(=O)[C@H](CCC(N)=O)NC1=O. The molecule has 4 amide bonds. The van der Waals surface area contributed by atoms with E-state index >= 15 is 0 Å². The van der Waals surface area contributed by atoms with E-state index in [-0.39, 0.29) is 12.8 Å². The van der Waals surface area contributed by atoms with Crippen molar-refractivity contribution >= 4 is 23.6 Å². The minimum Gasteiger partial charge on any atom is -0.394 e. The first kappa shape index (κ1) is 15.9. The minimum absolute atomic E-state index is 0.0198. The molecule has 3 atom stereocenters. The van der Waals surface area contributed by atoms with E-state index in [9.17, 15) is 19.2 Å². The summed E-state index contributed by atoms with van der Waals surface area (Å²) in [7, 11) is 0. The second-order valence-corrected chi connectivity index (χ2v) is 4.54. The van der Waals surface area contributed by atoms with Crippen molar-refractivity contribution in [3.8, 4) is 0 Å². The molecule has 1 aliphatic rings. The molecule has 9 nitrogen and oxygen atoms in total. The van der Waals surface area contributed by atoms with Gasteiger partial charge in [0.15, 0.2) is 0 Å². The van der Waals surface area contributed by atoms with Crippen molar-refractivity contribution in [3.05, 3.63) is 0 Å². The Morgan fingerprint density at radius 2 is 1.65 bits per heavy atom. The third-order valence-electron chi connectivity index (χ3n) is 2.88. The van der Waals surface area contributed by atoms with Crippen LogP contribution in [0.2, 0.25) is 0 Å². The summed E-state index contributed by atoms with van der Waals surface area (Å²) in [6.07, 6.45) is -0.0656. The molecule has 0 aromatic heterocycles. The number of amides is 4. The van der Waals surface area contributed by atoms with Crippen LogP contribution >= 0.6 is 0 Å². The van der Waals surface area contributed by atoms with Crippen LogP contribution in [0.15, 0.2) is 0 Å². The monoisotopic (exact) mass is 286 g/mol. The number of aliphatic hydroxyl groups excluding tert-OH is 1. The lowest BCUT2D eigenvalue weighted by atomic mass is 10.1. The first-order valence-corrected chi connectivity index (χ1v) is 6.15. The predicted octanol–water partition coefficient (Wildman–Crippen LogP) is -3.27. The Kier molecular flexibility index (Phi) is 5.44. The van der Waals surface area contributed by atoms with E-state index in [0.29, 0.717) is 0 Å². The van der Waals surface area contributed by atoms with Gasteiger partial charge in [0.25, 0.3) is 0 Å². The van der Waals surface area contributed by atoms with Gasteiger partial charge < -0.3 is 26.8 Å². The highest BCUT2D eigenvalue weighted by Gasteiger charge is 2.31. The Labute approximate surface area is 115 Å². The van der Waals surface area contributed by atoms with Crippen LogP contribution in [0.1, 0.15) is 19.8 Å². The Bertz CT molecular complexity index is 425. The van der Waals surface area contributed by atoms with Crippen molar-refractivity contribution < 1.29 is 24.3 Å². The molecule has 1 rings (SSSR count). The number of rotatable bonds is 4. The summed E-state index contributed by atoms with van der Waals surface area (Å²) < 4.78 is 0. The fourth-order valence-corrected chi connectivity index (χ4v) is 1.70. The summed E-state index contributed by atoms with van der Waals surface area (Å²) in [5.74, 6) is -2.46. The smallest absolute Gasteiger partial charge is 0.245 e. The molecule has 20 heavy (non-hydrogen) atoms. The first-order chi connectivity index (χ1) is 9.35. The predicted molar refractivity (Wildman–Crippen MR) is 67.0 cm³/mol. The molecule has 0 bridgehead atoms. The molecule has 0 radical (unpaired) electrons. The summed E-state index contributed by atoms with van der Waals surface area (Å²) in [5, 5.41) is 16.2. The molecular weight excluding hydrogens is 268 g/mol. The highest BCUT2D eigenvalue weighted by molar-refractivity contribution is 5.97. The van der Waals surface area contributed by atoms with Gasteiger partial charge in [0, 0.05) is 6.42 Å². The van der Waals surface area contributed by atoms with Gasteiger partial charge >= 0.3 is 0 Å². The molecule has 6 N–H and O–H groups in total. The average Bonchev–Trinajstić information content (AvgIpc) is 2.41. The molecule has 0 aromatic rings. The maximum absolute atomic E-state index is 11.9. The van der Waals surface area contributed by atoms with Gasteiger partial charge in [0.2, 0.25) is 23.6 Å². The standard InChI is InChI=1S/C11H18N4O5/c1-5-9(18)14-6(2-3-8(12)17)10(19)15-7(4-16)11(20)13-5/h5-7,16H,2-4H2,1H3,(H2,12,17)(H,13,20)(H,14,18)(H,15,19)/t5-,6-,7-/m0/s1. The molecule has 0 aromatic carbocycles. The molecule has 0 spiro atoms. The second-order valence-electron chi connectivity index (χ2n) is 4.54. The van der Waals surface area contributed by atoms with Gasteiger partial charge in [-0.3, -0.25) is 19.2 Å². The number of nitrogens with one attached hydrogen (secondary N) is 3. The van der Waals surface area contributed by atoms with Gasteiger partial charge in [0.05, 0.1) is 6.61 Å². The number of hydrogen-bond acceptors (Lipinski definition) is 5. The topological polar surface area (TPSA) is 151 Å². The minimum atomic E-state index is -1.14. The van der Waals surface area contributed by atoms with Gasteiger partial charge in [0.1, 0.15) is 18.1 Å². The van der Waals surface area contributed by atoms with Crippen LogP contribution in [-0.4, -0.2) is 53.5 Å². The van der Waals surface area contributed by atoms with Crippen molar-refractivity contribution in [1.29, 1.82) is 0 Å². The largest absolute Gasteiger partial charge is 0.394 e. The number of hydrogen-bond donors (Lipinski definition) is 5. The van der Waals surface area contributed by atoms with Crippen LogP contribution in [0.5, 0.6) is 0 Å². The average molecular weight is 286 g/mol. The Morgan fingerprint density at radius 3 is 2.20 bits per heavy atom. The quantitative estimate of drug-likeness (QED) is 0.367. The van der Waals surface area contributed by atoms with Crippen LogP contribution in [-0.2, 0) is 19.2 Å². The number of carbonyl (C=O) groups is 4. The van der Waals surface area contributed by atoms with E-state index in [1.807, 2.05) is 0 Å². The van der Waals surface area contributed by atoms with Gasteiger partial charge in [-0.15, -0.1) is 0 Å². The molecule has 0 unspecified atom stereocenters. The Balaban J connectivity index is 2.89. The molecule has 112 valence electrons. The zero-order valence-electron chi connectivity index (χ0n) is 11.0. The van der Waals surface area contributed by atoms with Crippen LogP contribution < -0.4 is 21.7 Å². The fraction of sp³-hybridized carbons (Fsp3) is 0.636. The Morgan fingerprint density at radius 1 is 1.10 bits per heavy atom. The highest BCUT2D eigenvalue weighted by atomic mass is 16.3. The molecular formula is C11H18N4O5. The normalized spacial score (nSPS) is 27.5. The van der Waals surface area contributed by atoms with Crippen molar-refractivity contribution in [2.75, 3.05) is 6.61 Å². The molecule has 0 saturated carbocycles. The van der Waals surface area contributed by atoms with Crippen molar-refractivity contribution in [2.24, 2.45) is 5.73 Å². The van der Waals surface area contributed by atoms with Gasteiger partial charge in [-0.05, 0) is 13.3 Å². The van der Waals surface area contributed by atoms with Gasteiger partial charge in [-0.25, -0.2) is 0 Å². The van der Waals surface area contributed by atoms with Crippen molar-refractivity contribution in [1.82, 2.24) is 16.0 Å². The zero-order chi connectivity index (χ0) is 15.3. The van der Waals surface area contributed by atoms with Crippen LogP contribution in [0.3, 0.4) is 0 Å². The third-order valence-corrected chi connectivity index (χ3v) is 2.88. The molecule has 1 fully saturated rings. The molecule has 9 heteroatoms. The fourth-order valence-electron chi connectivity index (χ4n) is 1.70. The second kappa shape index (κ2) is 6.85. The van der Waals surface area contributed by atoms with Crippen molar-refractivity contribution in [2.45, 2.75) is 37.9 Å². The van der Waals surface area contributed by atoms with E-state index in [0.717, 1.165) is 0 Å². The zero-order valence-corrected chi connectivity index (χ0v) is 11.0. The van der Waals surface area contributed by atoms with Crippen LogP contribution in [0.25, 0.3) is 0 Å². The first-order valence-electron chi connectivity index (χ1n) is 6.15. The lowest BCUT2D eigenvalue weighted by Crippen LogP contribution is -2.52. The number of aliphatic hydroxyl groups is 1. The third kappa shape index (κ3) is 4.19. The number of carbonyl (C=O) groups excluding carboxylic acids is 4. The van der Waals surface area contributed by atoms with E-state index in [1.165, 1.54) is 6.92 Å². The van der Waals surface area contributed by atoms with E-state index in [1.54, 1.807) is 0 Å². The molecule has 1 heterocycles. The Hall–Kier alpha value is -2.16. The summed E-state index contributed by atoms with van der Waals surface area (Å²) >= 11 is 0. The number of nitrogens with two attached hydrogens (primary N) is 1. The maximum atomic E-state index is 11.9. The molecule has 1 saturated heterocycles. The van der Waals surface area contributed by atoms with Gasteiger partial charge in [-0.1, -0.05) is 0 Å². The van der Waals surface area contributed by atoms with Gasteiger partial charge in [-0.2, -0.15) is 0 Å². The van der Waals surface area contributed by atoms with Crippen LogP contribution in [0, 0.1) is 0 Å². The summed E-state index contributed by atoms with van der Waals surface area (Å²) in [5.41, 5.74) is 5.00. The lowest BCUT2D eigenvalue weighted by Gasteiger charge is -2.18.